The van der Waals surface area contributed by atoms with Gasteiger partial charge in [-0.2, -0.15) is 0 Å². The van der Waals surface area contributed by atoms with Crippen molar-refractivity contribution in [2.24, 2.45) is 0 Å². The van der Waals surface area contributed by atoms with Gasteiger partial charge in [-0.3, -0.25) is 14.9 Å². The van der Waals surface area contributed by atoms with Crippen LogP contribution in [0.1, 0.15) is 23.0 Å². The number of carbonyl (C=O) groups is 1. The van der Waals surface area contributed by atoms with Crippen molar-refractivity contribution in [3.8, 4) is 0 Å². The first-order valence-corrected chi connectivity index (χ1v) is 6.71. The third kappa shape index (κ3) is 2.51. The van der Waals surface area contributed by atoms with Crippen molar-refractivity contribution >= 4 is 22.2 Å². The van der Waals surface area contributed by atoms with Gasteiger partial charge in [0.25, 0.3) is 5.91 Å². The molecule has 0 aliphatic carbocycles. The van der Waals surface area contributed by atoms with Gasteiger partial charge in [0.1, 0.15) is 0 Å². The zero-order valence-corrected chi connectivity index (χ0v) is 10.9. The SMILES string of the molecule is CCN(C(=O)c1ccc([N+](=O)[O-])s1)C1CCNC1. The summed E-state index contributed by atoms with van der Waals surface area (Å²) >= 11 is 0.941. The van der Waals surface area contributed by atoms with Crippen LogP contribution in [-0.4, -0.2) is 41.4 Å². The van der Waals surface area contributed by atoms with E-state index in [0.29, 0.717) is 11.4 Å². The number of thiophene rings is 1. The van der Waals surface area contributed by atoms with Gasteiger partial charge in [0.15, 0.2) is 0 Å². The minimum absolute atomic E-state index is 0.0129. The molecule has 2 heterocycles. The van der Waals surface area contributed by atoms with E-state index in [1.807, 2.05) is 6.92 Å². The lowest BCUT2D eigenvalue weighted by atomic mass is 10.2. The van der Waals surface area contributed by atoms with Crippen molar-refractivity contribution in [3.63, 3.8) is 0 Å². The zero-order valence-electron chi connectivity index (χ0n) is 10.1. The number of amides is 1. The van der Waals surface area contributed by atoms with Crippen molar-refractivity contribution in [1.82, 2.24) is 10.2 Å². The Bertz CT molecular complexity index is 454. The van der Waals surface area contributed by atoms with Crippen LogP contribution in [0.25, 0.3) is 0 Å². The van der Waals surface area contributed by atoms with Crippen molar-refractivity contribution < 1.29 is 9.72 Å². The number of nitrogens with zero attached hydrogens (tertiary/aromatic N) is 2. The van der Waals surface area contributed by atoms with Crippen molar-refractivity contribution in [2.75, 3.05) is 19.6 Å². The predicted octanol–water partition coefficient (Wildman–Crippen LogP) is 1.48. The molecule has 1 fully saturated rings. The summed E-state index contributed by atoms with van der Waals surface area (Å²) in [6, 6.07) is 3.12. The van der Waals surface area contributed by atoms with Crippen LogP contribution in [0, 0.1) is 10.1 Å². The second kappa shape index (κ2) is 5.45. The first-order valence-electron chi connectivity index (χ1n) is 5.89. The van der Waals surface area contributed by atoms with E-state index in [0.717, 1.165) is 30.8 Å². The lowest BCUT2D eigenvalue weighted by Crippen LogP contribution is -2.41. The Kier molecular flexibility index (Phi) is 3.93. The summed E-state index contributed by atoms with van der Waals surface area (Å²) in [6.45, 7) is 4.27. The number of hydrogen-bond donors (Lipinski definition) is 1. The van der Waals surface area contributed by atoms with E-state index < -0.39 is 4.92 Å². The molecule has 0 spiro atoms. The van der Waals surface area contributed by atoms with Crippen LogP contribution in [-0.2, 0) is 0 Å². The highest BCUT2D eigenvalue weighted by Gasteiger charge is 2.27. The number of hydrogen-bond acceptors (Lipinski definition) is 5. The lowest BCUT2D eigenvalue weighted by molar-refractivity contribution is -0.380. The summed E-state index contributed by atoms with van der Waals surface area (Å²) in [6.07, 6.45) is 0.938. The van der Waals surface area contributed by atoms with E-state index in [9.17, 15) is 14.9 Å². The fourth-order valence-electron chi connectivity index (χ4n) is 2.16. The molecule has 1 unspecified atom stereocenters. The molecule has 1 aliphatic rings. The van der Waals surface area contributed by atoms with E-state index in [1.165, 1.54) is 12.1 Å². The highest BCUT2D eigenvalue weighted by molar-refractivity contribution is 7.17. The minimum Gasteiger partial charge on any atom is -0.334 e. The van der Waals surface area contributed by atoms with Gasteiger partial charge in [0.2, 0.25) is 0 Å². The number of likely N-dealkylation sites (N-methyl/N-ethyl adjacent to an activating group) is 1. The maximum Gasteiger partial charge on any atom is 0.324 e. The van der Waals surface area contributed by atoms with Crippen LogP contribution < -0.4 is 5.32 Å². The van der Waals surface area contributed by atoms with Crippen molar-refractivity contribution in [2.45, 2.75) is 19.4 Å². The molecular weight excluding hydrogens is 254 g/mol. The van der Waals surface area contributed by atoms with Crippen LogP contribution in [0.15, 0.2) is 12.1 Å². The standard InChI is InChI=1S/C11H15N3O3S/c1-2-13(8-5-6-12-7-8)11(15)9-3-4-10(18-9)14(16)17/h3-4,8,12H,2,5-7H2,1H3. The molecule has 0 aromatic carbocycles. The Morgan fingerprint density at radius 1 is 1.67 bits per heavy atom. The normalized spacial score (nSPS) is 18.8. The third-order valence-corrected chi connectivity index (χ3v) is 4.08. The van der Waals surface area contributed by atoms with Gasteiger partial charge in [-0.1, -0.05) is 11.3 Å². The Morgan fingerprint density at radius 2 is 2.44 bits per heavy atom. The van der Waals surface area contributed by atoms with Gasteiger partial charge in [0, 0.05) is 25.2 Å². The van der Waals surface area contributed by atoms with Crippen LogP contribution in [0.4, 0.5) is 5.00 Å². The summed E-state index contributed by atoms with van der Waals surface area (Å²) in [5.74, 6) is -0.107. The third-order valence-electron chi connectivity index (χ3n) is 3.06. The summed E-state index contributed by atoms with van der Waals surface area (Å²) in [7, 11) is 0. The summed E-state index contributed by atoms with van der Waals surface area (Å²) in [5, 5.41) is 13.8. The van der Waals surface area contributed by atoms with Gasteiger partial charge in [-0.15, -0.1) is 0 Å². The molecule has 1 atom stereocenters. The highest BCUT2D eigenvalue weighted by atomic mass is 32.1. The second-order valence-electron chi connectivity index (χ2n) is 4.13. The first kappa shape index (κ1) is 13.0. The van der Waals surface area contributed by atoms with E-state index >= 15 is 0 Å². The largest absolute Gasteiger partial charge is 0.334 e. The molecule has 98 valence electrons. The number of nitrogens with one attached hydrogen (secondary N) is 1. The molecule has 18 heavy (non-hydrogen) atoms. The van der Waals surface area contributed by atoms with Gasteiger partial charge in [-0.25, -0.2) is 0 Å². The second-order valence-corrected chi connectivity index (χ2v) is 5.20. The molecule has 7 heteroatoms. The zero-order chi connectivity index (χ0) is 13.1. The number of nitro groups is 1. The summed E-state index contributed by atoms with van der Waals surface area (Å²) in [5.41, 5.74) is 0. The smallest absolute Gasteiger partial charge is 0.324 e. The van der Waals surface area contributed by atoms with E-state index in [2.05, 4.69) is 5.32 Å². The molecule has 1 aromatic rings. The van der Waals surface area contributed by atoms with E-state index in [1.54, 1.807) is 4.90 Å². The molecule has 0 radical (unpaired) electrons. The van der Waals surface area contributed by atoms with Crippen molar-refractivity contribution in [1.29, 1.82) is 0 Å². The average molecular weight is 269 g/mol. The maximum absolute atomic E-state index is 12.3. The molecule has 6 nitrogen and oxygen atoms in total. The molecule has 1 saturated heterocycles. The molecule has 0 bridgehead atoms. The molecule has 1 aromatic heterocycles. The van der Waals surface area contributed by atoms with E-state index in [4.69, 9.17) is 0 Å². The molecule has 1 N–H and O–H groups in total. The fourth-order valence-corrected chi connectivity index (χ4v) is 2.93. The molecule has 1 aliphatic heterocycles. The lowest BCUT2D eigenvalue weighted by Gasteiger charge is -2.26. The molecule has 0 saturated carbocycles. The maximum atomic E-state index is 12.3. The van der Waals surface area contributed by atoms with Crippen molar-refractivity contribution in [3.05, 3.63) is 27.1 Å². The summed E-state index contributed by atoms with van der Waals surface area (Å²) < 4.78 is 0. The predicted molar refractivity (Wildman–Crippen MR) is 69.0 cm³/mol. The van der Waals surface area contributed by atoms with Gasteiger partial charge in [0.05, 0.1) is 9.80 Å². The Hall–Kier alpha value is -1.47. The Morgan fingerprint density at radius 3 is 2.94 bits per heavy atom. The van der Waals surface area contributed by atoms with Crippen LogP contribution in [0.3, 0.4) is 0 Å². The molecule has 2 rings (SSSR count). The number of carbonyl (C=O) groups excluding carboxylic acids is 1. The molecular formula is C11H15N3O3S. The molecule has 1 amide bonds. The quantitative estimate of drug-likeness (QED) is 0.663. The van der Waals surface area contributed by atoms with E-state index in [-0.39, 0.29) is 17.0 Å². The Balaban J connectivity index is 2.14. The topological polar surface area (TPSA) is 75.5 Å². The number of rotatable bonds is 4. The minimum atomic E-state index is -0.463. The van der Waals surface area contributed by atoms with Gasteiger partial charge < -0.3 is 10.2 Å². The van der Waals surface area contributed by atoms with Gasteiger partial charge >= 0.3 is 5.00 Å². The Labute approximate surface area is 109 Å². The van der Waals surface area contributed by atoms with Crippen LogP contribution in [0.5, 0.6) is 0 Å². The van der Waals surface area contributed by atoms with Crippen LogP contribution in [0.2, 0.25) is 0 Å². The average Bonchev–Trinajstić information content (AvgIpc) is 3.01. The first-order chi connectivity index (χ1) is 8.63. The van der Waals surface area contributed by atoms with Gasteiger partial charge in [-0.05, 0) is 26.0 Å². The highest BCUT2D eigenvalue weighted by Crippen LogP contribution is 2.26. The monoisotopic (exact) mass is 269 g/mol. The van der Waals surface area contributed by atoms with Crippen LogP contribution >= 0.6 is 11.3 Å². The fraction of sp³-hybridized carbons (Fsp3) is 0.545. The summed E-state index contributed by atoms with van der Waals surface area (Å²) in [4.78, 5) is 24.7.